The Balaban J connectivity index is 1.37. The average Bonchev–Trinajstić information content (AvgIpc) is 3.13. The summed E-state index contributed by atoms with van der Waals surface area (Å²) in [4.78, 5) is 34.4. The zero-order valence-corrected chi connectivity index (χ0v) is 19.5. The minimum absolute atomic E-state index is 0.0751. The van der Waals surface area contributed by atoms with E-state index in [4.69, 9.17) is 9.84 Å². The molecule has 0 aromatic heterocycles. The van der Waals surface area contributed by atoms with E-state index >= 15 is 0 Å². The zero-order valence-electron chi connectivity index (χ0n) is 18.6. The molecule has 0 heterocycles. The molecular weight excluding hydrogens is 485 g/mol. The number of alkyl halides is 3. The third kappa shape index (κ3) is 7.38. The first-order valence-electron chi connectivity index (χ1n) is 10.9. The molecule has 1 aliphatic carbocycles. The van der Waals surface area contributed by atoms with Crippen LogP contribution in [-0.4, -0.2) is 60.0 Å². The number of halogens is 3. The molecule has 0 aliphatic heterocycles. The van der Waals surface area contributed by atoms with Crippen molar-refractivity contribution in [3.05, 3.63) is 59.7 Å². The van der Waals surface area contributed by atoms with Crippen LogP contribution in [0.2, 0.25) is 0 Å². The number of aliphatic carboxylic acids is 1. The quantitative estimate of drug-likeness (QED) is 0.392. The third-order valence-corrected chi connectivity index (χ3v) is 6.43. The van der Waals surface area contributed by atoms with Crippen molar-refractivity contribution >= 4 is 29.7 Å². The first-order chi connectivity index (χ1) is 16.7. The second kappa shape index (κ2) is 12.0. The molecule has 0 fully saturated rings. The molecule has 0 unspecified atom stereocenters. The minimum Gasteiger partial charge on any atom is -0.481 e. The zero-order chi connectivity index (χ0) is 25.4. The Morgan fingerprint density at radius 3 is 2.20 bits per heavy atom. The summed E-state index contributed by atoms with van der Waals surface area (Å²) >= 11 is 1.04. The molecule has 0 bridgehead atoms. The molecule has 3 rings (SSSR count). The van der Waals surface area contributed by atoms with Gasteiger partial charge in [-0.1, -0.05) is 48.5 Å². The maximum Gasteiger partial charge on any atom is 0.408 e. The van der Waals surface area contributed by atoms with Gasteiger partial charge in [0.25, 0.3) is 0 Å². The molecule has 188 valence electrons. The van der Waals surface area contributed by atoms with Crippen LogP contribution in [0, 0.1) is 0 Å². The number of amides is 2. The number of carboxylic acids is 1. The van der Waals surface area contributed by atoms with Crippen molar-refractivity contribution in [2.75, 3.05) is 24.7 Å². The maximum absolute atomic E-state index is 12.9. The van der Waals surface area contributed by atoms with Gasteiger partial charge < -0.3 is 20.5 Å². The summed E-state index contributed by atoms with van der Waals surface area (Å²) in [5.74, 6) is -2.28. The summed E-state index contributed by atoms with van der Waals surface area (Å²) in [5, 5.41) is 13.0. The number of nitrogens with one attached hydrogen (secondary N) is 2. The number of hydrogen-bond donors (Lipinski definition) is 3. The van der Waals surface area contributed by atoms with Crippen LogP contribution in [0.5, 0.6) is 0 Å². The Labute approximate surface area is 204 Å². The van der Waals surface area contributed by atoms with E-state index in [0.29, 0.717) is 0 Å². The summed E-state index contributed by atoms with van der Waals surface area (Å²) in [6.07, 6.45) is -6.80. The predicted octanol–water partition coefficient (Wildman–Crippen LogP) is 4.17. The highest BCUT2D eigenvalue weighted by Crippen LogP contribution is 2.44. The van der Waals surface area contributed by atoms with E-state index < -0.39 is 43.0 Å². The second-order valence-corrected chi connectivity index (χ2v) is 9.00. The van der Waals surface area contributed by atoms with E-state index in [-0.39, 0.29) is 30.6 Å². The fourth-order valence-corrected chi connectivity index (χ4v) is 4.52. The standard InChI is InChI=1S/C24H25F3N2O5S/c25-24(26,27)20(9-10-22(31)32)29-21(30)14-35-12-11-28-23(33)34-13-19-17-7-3-1-5-15(17)16-6-2-4-8-18(16)19/h1-8,19-20H,9-14H2,(H,28,33)(H,29,30)(H,31,32)/t20-/m0/s1. The lowest BCUT2D eigenvalue weighted by Crippen LogP contribution is -2.46. The van der Waals surface area contributed by atoms with Gasteiger partial charge >= 0.3 is 18.2 Å². The van der Waals surface area contributed by atoms with E-state index in [9.17, 15) is 27.6 Å². The van der Waals surface area contributed by atoms with Gasteiger partial charge in [0, 0.05) is 24.6 Å². The molecule has 3 N–H and O–H groups in total. The molecule has 35 heavy (non-hydrogen) atoms. The van der Waals surface area contributed by atoms with Crippen molar-refractivity contribution in [1.82, 2.24) is 10.6 Å². The van der Waals surface area contributed by atoms with Gasteiger partial charge in [-0.25, -0.2) is 4.79 Å². The van der Waals surface area contributed by atoms with E-state index in [0.717, 1.165) is 34.0 Å². The fraction of sp³-hybridized carbons (Fsp3) is 0.375. The van der Waals surface area contributed by atoms with Gasteiger partial charge in [-0.3, -0.25) is 9.59 Å². The van der Waals surface area contributed by atoms with Gasteiger partial charge in [0.15, 0.2) is 0 Å². The van der Waals surface area contributed by atoms with E-state index in [1.54, 1.807) is 0 Å². The summed E-state index contributed by atoms with van der Waals surface area (Å²) < 4.78 is 44.2. The van der Waals surface area contributed by atoms with Crippen LogP contribution < -0.4 is 10.6 Å². The van der Waals surface area contributed by atoms with E-state index in [2.05, 4.69) is 5.32 Å². The number of carboxylic acid groups (broad SMARTS) is 1. The van der Waals surface area contributed by atoms with E-state index in [1.165, 1.54) is 0 Å². The topological polar surface area (TPSA) is 105 Å². The Morgan fingerprint density at radius 1 is 1.03 bits per heavy atom. The normalized spacial score (nSPS) is 13.5. The predicted molar refractivity (Wildman–Crippen MR) is 125 cm³/mol. The Kier molecular flexibility index (Phi) is 9.02. The lowest BCUT2D eigenvalue weighted by molar-refractivity contribution is -0.164. The number of carbonyl (C=O) groups excluding carboxylic acids is 2. The second-order valence-electron chi connectivity index (χ2n) is 7.90. The number of fused-ring (bicyclic) bond motifs is 3. The number of alkyl carbamates (subject to hydrolysis) is 1. The van der Waals surface area contributed by atoms with Gasteiger partial charge in [0.1, 0.15) is 12.6 Å². The molecule has 2 aromatic carbocycles. The number of hydrogen-bond acceptors (Lipinski definition) is 5. The van der Waals surface area contributed by atoms with Gasteiger partial charge in [0.2, 0.25) is 5.91 Å². The van der Waals surface area contributed by atoms with Crippen molar-refractivity contribution in [2.24, 2.45) is 0 Å². The van der Waals surface area contributed by atoms with Crippen LogP contribution >= 0.6 is 11.8 Å². The molecule has 2 amide bonds. The van der Waals surface area contributed by atoms with E-state index in [1.807, 2.05) is 53.8 Å². The van der Waals surface area contributed by atoms with Crippen LogP contribution in [0.1, 0.15) is 29.9 Å². The largest absolute Gasteiger partial charge is 0.481 e. The minimum atomic E-state index is -4.73. The Bertz CT molecular complexity index is 1020. The lowest BCUT2D eigenvalue weighted by Gasteiger charge is -2.20. The number of ether oxygens (including phenoxy) is 1. The highest BCUT2D eigenvalue weighted by Gasteiger charge is 2.40. The first kappa shape index (κ1) is 26.4. The number of benzene rings is 2. The van der Waals surface area contributed by atoms with Crippen LogP contribution in [0.4, 0.5) is 18.0 Å². The first-order valence-corrected chi connectivity index (χ1v) is 12.1. The van der Waals surface area contributed by atoms with Crippen LogP contribution in [0.3, 0.4) is 0 Å². The Hall–Kier alpha value is -3.21. The summed E-state index contributed by atoms with van der Waals surface area (Å²) in [5.41, 5.74) is 4.40. The molecule has 0 saturated carbocycles. The lowest BCUT2D eigenvalue weighted by atomic mass is 9.98. The molecule has 0 radical (unpaired) electrons. The van der Waals surface area contributed by atoms with Crippen molar-refractivity contribution in [3.63, 3.8) is 0 Å². The number of thioether (sulfide) groups is 1. The van der Waals surface area contributed by atoms with Crippen molar-refractivity contribution in [1.29, 1.82) is 0 Å². The summed E-state index contributed by atoms with van der Waals surface area (Å²) in [6.45, 7) is 0.320. The molecule has 1 atom stereocenters. The SMILES string of the molecule is O=C(O)CC[C@H](NC(=O)CSCCNC(=O)OCC1c2ccccc2-c2ccccc21)C(F)(F)F. The smallest absolute Gasteiger partial charge is 0.408 e. The number of carbonyl (C=O) groups is 3. The maximum atomic E-state index is 12.9. The molecule has 2 aromatic rings. The van der Waals surface area contributed by atoms with Gasteiger partial charge in [0.05, 0.1) is 5.75 Å². The Morgan fingerprint density at radius 2 is 1.63 bits per heavy atom. The highest BCUT2D eigenvalue weighted by molar-refractivity contribution is 7.99. The van der Waals surface area contributed by atoms with Crippen molar-refractivity contribution < 1.29 is 37.4 Å². The molecular formula is C24H25F3N2O5S. The highest BCUT2D eigenvalue weighted by atomic mass is 32.2. The van der Waals surface area contributed by atoms with Crippen molar-refractivity contribution in [3.8, 4) is 11.1 Å². The molecule has 7 nitrogen and oxygen atoms in total. The number of rotatable bonds is 11. The third-order valence-electron chi connectivity index (χ3n) is 5.47. The van der Waals surface area contributed by atoms with Crippen LogP contribution in [-0.2, 0) is 14.3 Å². The summed E-state index contributed by atoms with van der Waals surface area (Å²) in [6, 6.07) is 13.7. The monoisotopic (exact) mass is 510 g/mol. The molecule has 11 heteroatoms. The fourth-order valence-electron chi connectivity index (χ4n) is 3.86. The van der Waals surface area contributed by atoms with Crippen LogP contribution in [0.15, 0.2) is 48.5 Å². The average molecular weight is 511 g/mol. The van der Waals surface area contributed by atoms with Crippen LogP contribution in [0.25, 0.3) is 11.1 Å². The van der Waals surface area contributed by atoms with Gasteiger partial charge in [-0.2, -0.15) is 24.9 Å². The van der Waals surface area contributed by atoms with Gasteiger partial charge in [-0.05, 0) is 28.7 Å². The van der Waals surface area contributed by atoms with Gasteiger partial charge in [-0.15, -0.1) is 0 Å². The molecule has 1 aliphatic rings. The molecule has 0 saturated heterocycles. The molecule has 0 spiro atoms. The van der Waals surface area contributed by atoms with Crippen molar-refractivity contribution in [2.45, 2.75) is 31.0 Å². The summed E-state index contributed by atoms with van der Waals surface area (Å²) in [7, 11) is 0.